The van der Waals surface area contributed by atoms with Gasteiger partial charge in [-0.25, -0.2) is 4.79 Å². The lowest BCUT2D eigenvalue weighted by molar-refractivity contribution is -0.0747. The summed E-state index contributed by atoms with van der Waals surface area (Å²) in [7, 11) is -4.11. The Labute approximate surface area is 252 Å². The van der Waals surface area contributed by atoms with Crippen LogP contribution >= 0.6 is 0 Å². The zero-order chi connectivity index (χ0) is 30.1. The molecule has 1 heterocycles. The molecule has 4 aromatic rings. The molecule has 0 bridgehead atoms. The van der Waals surface area contributed by atoms with Crippen LogP contribution < -0.4 is 0 Å². The lowest BCUT2D eigenvalue weighted by atomic mass is 10.1. The summed E-state index contributed by atoms with van der Waals surface area (Å²) in [6.45, 7) is 2.28. The van der Waals surface area contributed by atoms with Crippen molar-refractivity contribution < 1.29 is 31.6 Å². The predicted octanol–water partition coefficient (Wildman–Crippen LogP) is 5.89. The summed E-state index contributed by atoms with van der Waals surface area (Å²) in [5, 5.41) is 0. The number of aryl methyl sites for hydroxylation is 1. The summed E-state index contributed by atoms with van der Waals surface area (Å²) in [6, 6.07) is 34.3. The molecule has 1 amide bonds. The summed E-state index contributed by atoms with van der Waals surface area (Å²) in [5.74, 6) is 0. The summed E-state index contributed by atoms with van der Waals surface area (Å²) in [5.41, 5.74) is 3.65. The van der Waals surface area contributed by atoms with E-state index in [1.54, 1.807) is 12.1 Å². The molecule has 5 rings (SSSR count). The Morgan fingerprint density at radius 1 is 0.721 bits per heavy atom. The molecule has 43 heavy (non-hydrogen) atoms. The average Bonchev–Trinajstić information content (AvgIpc) is 3.39. The van der Waals surface area contributed by atoms with E-state index in [9.17, 15) is 13.2 Å². The van der Waals surface area contributed by atoms with Crippen molar-refractivity contribution in [1.29, 1.82) is 0 Å². The number of likely N-dealkylation sites (tertiary alicyclic amines) is 1. The third kappa shape index (κ3) is 8.30. The smallest absolute Gasteiger partial charge is 0.410 e. The van der Waals surface area contributed by atoms with Gasteiger partial charge in [0.2, 0.25) is 0 Å². The molecular formula is C34H35NO7S. The Bertz CT molecular complexity index is 1550. The highest BCUT2D eigenvalue weighted by atomic mass is 32.2. The molecular weight excluding hydrogens is 566 g/mol. The summed E-state index contributed by atoms with van der Waals surface area (Å²) >= 11 is 0. The Kier molecular flexibility index (Phi) is 10.2. The Morgan fingerprint density at radius 2 is 1.23 bits per heavy atom. The van der Waals surface area contributed by atoms with Gasteiger partial charge in [-0.15, -0.1) is 0 Å². The molecule has 1 fully saturated rings. The lowest BCUT2D eigenvalue weighted by Gasteiger charge is -2.27. The van der Waals surface area contributed by atoms with Crippen LogP contribution in [0, 0.1) is 6.92 Å². The molecule has 0 N–H and O–H groups in total. The molecule has 0 radical (unpaired) electrons. The standard InChI is InChI=1S/C34H35NO7S/c1-26-17-19-30(20-18-26)43(37,38)42-25-31-33(40-23-28-13-7-3-8-14-28)32(39-22-27-11-5-2-6-12-27)21-35(31)34(36)41-24-29-15-9-4-10-16-29/h2-20,31-33H,21-25H2,1H3/t31-,32+,33+/m1/s1. The fourth-order valence-electron chi connectivity index (χ4n) is 4.90. The Hall–Kier alpha value is -4.02. The molecule has 0 unspecified atom stereocenters. The van der Waals surface area contributed by atoms with Gasteiger partial charge in [-0.2, -0.15) is 8.42 Å². The van der Waals surface area contributed by atoms with Crippen molar-refractivity contribution in [3.63, 3.8) is 0 Å². The molecule has 0 aliphatic carbocycles. The van der Waals surface area contributed by atoms with E-state index in [0.717, 1.165) is 22.3 Å². The van der Waals surface area contributed by atoms with Gasteiger partial charge in [-0.3, -0.25) is 9.08 Å². The molecule has 0 spiro atoms. The Morgan fingerprint density at radius 3 is 1.79 bits per heavy atom. The lowest BCUT2D eigenvalue weighted by Crippen LogP contribution is -2.44. The second-order valence-electron chi connectivity index (χ2n) is 10.4. The third-order valence-electron chi connectivity index (χ3n) is 7.26. The summed E-state index contributed by atoms with van der Waals surface area (Å²) in [6.07, 6.45) is -1.87. The maximum atomic E-state index is 13.5. The molecule has 0 aromatic heterocycles. The fourth-order valence-corrected chi connectivity index (χ4v) is 5.82. The SMILES string of the molecule is Cc1ccc(S(=O)(=O)OC[C@@H]2[C@H](OCc3ccccc3)[C@@H](OCc3ccccc3)CN2C(=O)OCc2ccccc2)cc1. The van der Waals surface area contributed by atoms with Crippen LogP contribution in [0.1, 0.15) is 22.3 Å². The second-order valence-corrected chi connectivity index (χ2v) is 12.0. The van der Waals surface area contributed by atoms with Gasteiger partial charge in [0.05, 0.1) is 37.3 Å². The van der Waals surface area contributed by atoms with E-state index in [1.807, 2.05) is 97.9 Å². The van der Waals surface area contributed by atoms with Crippen molar-refractivity contribution in [2.24, 2.45) is 0 Å². The van der Waals surface area contributed by atoms with E-state index >= 15 is 0 Å². The first-order valence-electron chi connectivity index (χ1n) is 14.1. The van der Waals surface area contributed by atoms with Crippen molar-refractivity contribution >= 4 is 16.2 Å². The van der Waals surface area contributed by atoms with Crippen LogP contribution in [0.3, 0.4) is 0 Å². The maximum Gasteiger partial charge on any atom is 0.410 e. The zero-order valence-electron chi connectivity index (χ0n) is 24.0. The number of carbonyl (C=O) groups is 1. The highest BCUT2D eigenvalue weighted by Crippen LogP contribution is 2.29. The van der Waals surface area contributed by atoms with Gasteiger partial charge in [0.1, 0.15) is 18.8 Å². The van der Waals surface area contributed by atoms with Crippen LogP contribution in [0.5, 0.6) is 0 Å². The minimum atomic E-state index is -4.11. The molecule has 4 aromatic carbocycles. The average molecular weight is 602 g/mol. The normalized spacial score (nSPS) is 18.4. The van der Waals surface area contributed by atoms with Crippen molar-refractivity contribution in [1.82, 2.24) is 4.90 Å². The number of rotatable bonds is 12. The molecule has 0 saturated carbocycles. The van der Waals surface area contributed by atoms with Gasteiger partial charge in [0.25, 0.3) is 10.1 Å². The third-order valence-corrected chi connectivity index (χ3v) is 8.55. The predicted molar refractivity (Wildman–Crippen MR) is 161 cm³/mol. The molecule has 3 atom stereocenters. The van der Waals surface area contributed by atoms with Gasteiger partial charge in [0, 0.05) is 0 Å². The van der Waals surface area contributed by atoms with E-state index in [4.69, 9.17) is 18.4 Å². The highest BCUT2D eigenvalue weighted by Gasteiger charge is 2.47. The van der Waals surface area contributed by atoms with Crippen molar-refractivity contribution in [2.45, 2.75) is 49.9 Å². The van der Waals surface area contributed by atoms with E-state index in [-0.39, 0.29) is 31.3 Å². The van der Waals surface area contributed by atoms with Crippen molar-refractivity contribution in [2.75, 3.05) is 13.2 Å². The topological polar surface area (TPSA) is 91.4 Å². The summed E-state index contributed by atoms with van der Waals surface area (Å²) < 4.78 is 50.2. The minimum absolute atomic E-state index is 0.0351. The van der Waals surface area contributed by atoms with Gasteiger partial charge < -0.3 is 14.2 Å². The van der Waals surface area contributed by atoms with E-state index in [2.05, 4.69) is 0 Å². The van der Waals surface area contributed by atoms with Crippen LogP contribution in [0.15, 0.2) is 120 Å². The monoisotopic (exact) mass is 601 g/mol. The minimum Gasteiger partial charge on any atom is -0.445 e. The molecule has 1 saturated heterocycles. The number of hydrogen-bond donors (Lipinski definition) is 0. The number of hydrogen-bond acceptors (Lipinski definition) is 7. The number of nitrogens with zero attached hydrogens (tertiary/aromatic N) is 1. The number of benzene rings is 4. The first-order valence-corrected chi connectivity index (χ1v) is 15.5. The second kappa shape index (κ2) is 14.4. The van der Waals surface area contributed by atoms with E-state index in [0.29, 0.717) is 6.61 Å². The summed E-state index contributed by atoms with van der Waals surface area (Å²) in [4.78, 5) is 15.0. The van der Waals surface area contributed by atoms with Gasteiger partial charge in [0.15, 0.2) is 0 Å². The number of carbonyl (C=O) groups excluding carboxylic acids is 1. The van der Waals surface area contributed by atoms with Crippen LogP contribution in [-0.4, -0.2) is 50.8 Å². The van der Waals surface area contributed by atoms with Gasteiger partial charge >= 0.3 is 6.09 Å². The molecule has 9 heteroatoms. The van der Waals surface area contributed by atoms with Crippen LogP contribution in [0.4, 0.5) is 4.79 Å². The van der Waals surface area contributed by atoms with Crippen LogP contribution in [0.25, 0.3) is 0 Å². The molecule has 1 aliphatic rings. The number of ether oxygens (including phenoxy) is 3. The first-order chi connectivity index (χ1) is 20.9. The van der Waals surface area contributed by atoms with E-state index < -0.39 is 34.5 Å². The fraction of sp³-hybridized carbons (Fsp3) is 0.265. The quantitative estimate of drug-likeness (QED) is 0.187. The maximum absolute atomic E-state index is 13.5. The number of amides is 1. The zero-order valence-corrected chi connectivity index (χ0v) is 24.8. The van der Waals surface area contributed by atoms with E-state index in [1.165, 1.54) is 17.0 Å². The van der Waals surface area contributed by atoms with Crippen molar-refractivity contribution in [3.8, 4) is 0 Å². The highest BCUT2D eigenvalue weighted by molar-refractivity contribution is 7.86. The van der Waals surface area contributed by atoms with Crippen LogP contribution in [0.2, 0.25) is 0 Å². The molecule has 224 valence electrons. The van der Waals surface area contributed by atoms with Crippen LogP contribution in [-0.2, 0) is 48.3 Å². The van der Waals surface area contributed by atoms with Gasteiger partial charge in [-0.1, -0.05) is 109 Å². The molecule has 8 nitrogen and oxygen atoms in total. The first kappa shape index (κ1) is 30.4. The largest absolute Gasteiger partial charge is 0.445 e. The Balaban J connectivity index is 1.39. The van der Waals surface area contributed by atoms with Gasteiger partial charge in [-0.05, 0) is 35.7 Å². The van der Waals surface area contributed by atoms with Crippen molar-refractivity contribution in [3.05, 3.63) is 138 Å². The molecule has 1 aliphatic heterocycles.